The number of ether oxygens (including phenoxy) is 1. The van der Waals surface area contributed by atoms with Crippen LogP contribution >= 0.6 is 0 Å². The fourth-order valence-electron chi connectivity index (χ4n) is 3.45. The number of oxazole rings is 1. The summed E-state index contributed by atoms with van der Waals surface area (Å²) in [5.74, 6) is 1.97. The number of methoxy groups -OCH3 is 1. The lowest BCUT2D eigenvalue weighted by atomic mass is 9.93. The molecule has 0 aliphatic heterocycles. The summed E-state index contributed by atoms with van der Waals surface area (Å²) in [5.41, 5.74) is 4.86. The van der Waals surface area contributed by atoms with Gasteiger partial charge in [0.2, 0.25) is 5.89 Å². The lowest BCUT2D eigenvalue weighted by molar-refractivity contribution is 0.252. The van der Waals surface area contributed by atoms with Gasteiger partial charge in [0.1, 0.15) is 12.0 Å². The second-order valence-corrected chi connectivity index (χ2v) is 8.12. The molecule has 3 rings (SSSR count). The molecule has 6 heteroatoms. The lowest BCUT2D eigenvalue weighted by Gasteiger charge is -2.20. The average molecular weight is 422 g/mol. The van der Waals surface area contributed by atoms with Crippen molar-refractivity contribution in [2.75, 3.05) is 19.0 Å². The van der Waals surface area contributed by atoms with Gasteiger partial charge in [-0.3, -0.25) is 0 Å². The summed E-state index contributed by atoms with van der Waals surface area (Å²) in [6.45, 7) is 8.99. The Hall–Kier alpha value is -3.28. The average Bonchev–Trinajstić information content (AvgIpc) is 3.22. The number of hydrogen-bond donors (Lipinski definition) is 2. The number of benzene rings is 2. The van der Waals surface area contributed by atoms with E-state index < -0.39 is 0 Å². The number of aromatic nitrogens is 1. The molecule has 2 amide bonds. The van der Waals surface area contributed by atoms with E-state index in [0.717, 1.165) is 33.8 Å². The van der Waals surface area contributed by atoms with Crippen molar-refractivity contribution in [3.05, 3.63) is 65.5 Å². The van der Waals surface area contributed by atoms with Gasteiger partial charge in [0.05, 0.1) is 12.8 Å². The maximum absolute atomic E-state index is 12.6. The van der Waals surface area contributed by atoms with Gasteiger partial charge in [-0.2, -0.15) is 0 Å². The Morgan fingerprint density at radius 2 is 1.68 bits per heavy atom. The Bertz CT molecular complexity index is 981. The van der Waals surface area contributed by atoms with Crippen LogP contribution in [0, 0.1) is 0 Å². The Labute approximate surface area is 184 Å². The van der Waals surface area contributed by atoms with E-state index in [1.807, 2.05) is 24.3 Å². The van der Waals surface area contributed by atoms with Gasteiger partial charge in [-0.1, -0.05) is 45.9 Å². The number of rotatable bonds is 8. The van der Waals surface area contributed by atoms with E-state index in [0.29, 0.717) is 30.7 Å². The highest BCUT2D eigenvalue weighted by Crippen LogP contribution is 2.32. The zero-order valence-corrected chi connectivity index (χ0v) is 18.9. The molecule has 0 radical (unpaired) electrons. The molecule has 1 heterocycles. The molecule has 0 bridgehead atoms. The molecule has 3 aromatic rings. The van der Waals surface area contributed by atoms with E-state index in [1.54, 1.807) is 13.4 Å². The summed E-state index contributed by atoms with van der Waals surface area (Å²) in [4.78, 5) is 17.1. The molecule has 0 aliphatic rings. The number of urea groups is 1. The molecule has 0 atom stereocenters. The number of para-hydroxylation sites is 1. The van der Waals surface area contributed by atoms with E-state index in [1.165, 1.54) is 0 Å². The Morgan fingerprint density at radius 3 is 2.26 bits per heavy atom. The number of nitrogens with zero attached hydrogens (tertiary/aromatic N) is 1. The van der Waals surface area contributed by atoms with Gasteiger partial charge < -0.3 is 19.8 Å². The number of amides is 2. The summed E-state index contributed by atoms with van der Waals surface area (Å²) in [5, 5.41) is 5.99. The highest BCUT2D eigenvalue weighted by molar-refractivity contribution is 5.91. The third kappa shape index (κ3) is 5.66. The molecule has 0 saturated heterocycles. The van der Waals surface area contributed by atoms with Crippen LogP contribution in [0.4, 0.5) is 10.5 Å². The zero-order valence-electron chi connectivity index (χ0n) is 18.9. The lowest BCUT2D eigenvalue weighted by Crippen LogP contribution is -2.31. The topological polar surface area (TPSA) is 76.4 Å². The second-order valence-electron chi connectivity index (χ2n) is 8.12. The highest BCUT2D eigenvalue weighted by atomic mass is 16.5. The second kappa shape index (κ2) is 10.2. The molecular formula is C25H31N3O3. The summed E-state index contributed by atoms with van der Waals surface area (Å²) >= 11 is 0. The van der Waals surface area contributed by atoms with Crippen LogP contribution in [0.25, 0.3) is 11.5 Å². The molecule has 0 saturated carbocycles. The van der Waals surface area contributed by atoms with Crippen molar-refractivity contribution in [3.8, 4) is 17.2 Å². The first-order chi connectivity index (χ1) is 14.9. The van der Waals surface area contributed by atoms with Crippen molar-refractivity contribution in [1.82, 2.24) is 10.3 Å². The minimum Gasteiger partial charge on any atom is -0.497 e. The molecule has 1 aromatic heterocycles. The van der Waals surface area contributed by atoms with Crippen LogP contribution in [0.3, 0.4) is 0 Å². The number of nitrogens with one attached hydrogen (secondary N) is 2. The molecule has 0 spiro atoms. The Kier molecular flexibility index (Phi) is 7.34. The van der Waals surface area contributed by atoms with Gasteiger partial charge in [-0.05, 0) is 47.2 Å². The van der Waals surface area contributed by atoms with Gasteiger partial charge in [-0.15, -0.1) is 0 Å². The van der Waals surface area contributed by atoms with Gasteiger partial charge in [0, 0.05) is 24.2 Å². The fourth-order valence-corrected chi connectivity index (χ4v) is 3.45. The molecule has 164 valence electrons. The summed E-state index contributed by atoms with van der Waals surface area (Å²) < 4.78 is 10.8. The molecule has 31 heavy (non-hydrogen) atoms. The summed E-state index contributed by atoms with van der Waals surface area (Å²) in [7, 11) is 1.63. The van der Waals surface area contributed by atoms with Gasteiger partial charge in [-0.25, -0.2) is 9.78 Å². The van der Waals surface area contributed by atoms with Crippen molar-refractivity contribution in [2.24, 2.45) is 0 Å². The third-order valence-corrected chi connectivity index (χ3v) is 5.17. The van der Waals surface area contributed by atoms with E-state index in [2.05, 4.69) is 61.5 Å². The Morgan fingerprint density at radius 1 is 1.03 bits per heavy atom. The monoisotopic (exact) mass is 421 g/mol. The summed E-state index contributed by atoms with van der Waals surface area (Å²) in [6, 6.07) is 13.5. The fraction of sp³-hybridized carbons (Fsp3) is 0.360. The van der Waals surface area contributed by atoms with E-state index in [-0.39, 0.29) is 6.03 Å². The van der Waals surface area contributed by atoms with Crippen molar-refractivity contribution < 1.29 is 13.9 Å². The first-order valence-electron chi connectivity index (χ1n) is 10.7. The van der Waals surface area contributed by atoms with Crippen LogP contribution in [0.15, 0.2) is 53.1 Å². The molecule has 2 aromatic carbocycles. The third-order valence-electron chi connectivity index (χ3n) is 5.17. The minimum absolute atomic E-state index is 0.214. The molecule has 0 aliphatic carbocycles. The largest absolute Gasteiger partial charge is 0.497 e. The number of carbonyl (C=O) groups excluding carboxylic acids is 1. The van der Waals surface area contributed by atoms with Crippen molar-refractivity contribution in [3.63, 3.8) is 0 Å². The van der Waals surface area contributed by atoms with E-state index >= 15 is 0 Å². The highest BCUT2D eigenvalue weighted by Gasteiger charge is 2.16. The van der Waals surface area contributed by atoms with Crippen LogP contribution in [0.2, 0.25) is 0 Å². The van der Waals surface area contributed by atoms with Crippen molar-refractivity contribution in [2.45, 2.75) is 46.0 Å². The smallest absolute Gasteiger partial charge is 0.319 e. The molecule has 2 N–H and O–H groups in total. The maximum atomic E-state index is 12.6. The first-order valence-corrected chi connectivity index (χ1v) is 10.7. The number of anilines is 1. The normalized spacial score (nSPS) is 11.1. The van der Waals surface area contributed by atoms with Gasteiger partial charge in [0.25, 0.3) is 0 Å². The number of carbonyl (C=O) groups is 1. The van der Waals surface area contributed by atoms with Gasteiger partial charge in [0.15, 0.2) is 0 Å². The first kappa shape index (κ1) is 22.4. The van der Waals surface area contributed by atoms with E-state index in [9.17, 15) is 4.79 Å². The quantitative estimate of drug-likeness (QED) is 0.470. The van der Waals surface area contributed by atoms with Crippen LogP contribution in [-0.4, -0.2) is 24.7 Å². The molecule has 0 fully saturated rings. The molecular weight excluding hydrogens is 390 g/mol. The van der Waals surface area contributed by atoms with Gasteiger partial charge >= 0.3 is 6.03 Å². The molecule has 0 unspecified atom stereocenters. The zero-order chi connectivity index (χ0) is 22.4. The van der Waals surface area contributed by atoms with Crippen LogP contribution in [0.5, 0.6) is 5.75 Å². The van der Waals surface area contributed by atoms with Crippen molar-refractivity contribution in [1.29, 1.82) is 0 Å². The predicted molar refractivity (Wildman–Crippen MR) is 124 cm³/mol. The van der Waals surface area contributed by atoms with Crippen LogP contribution in [-0.2, 0) is 6.42 Å². The predicted octanol–water partition coefficient (Wildman–Crippen LogP) is 5.96. The van der Waals surface area contributed by atoms with Crippen LogP contribution in [0.1, 0.15) is 56.4 Å². The number of hydrogen-bond acceptors (Lipinski definition) is 4. The molecule has 6 nitrogen and oxygen atoms in total. The standard InChI is InChI=1S/C25H31N3O3/c1-16(2)21-7-6-8-22(17(3)4)23(21)28-25(29)26-14-13-19-15-31-24(27-19)18-9-11-20(30-5)12-10-18/h6-12,15-17H,13-14H2,1-5H3,(H2,26,28,29). The summed E-state index contributed by atoms with van der Waals surface area (Å²) in [6.07, 6.45) is 2.21. The van der Waals surface area contributed by atoms with Crippen molar-refractivity contribution >= 4 is 11.7 Å². The Balaban J connectivity index is 1.58. The SMILES string of the molecule is COc1ccc(-c2nc(CCNC(=O)Nc3c(C(C)C)cccc3C(C)C)co2)cc1. The van der Waals surface area contributed by atoms with Crippen LogP contribution < -0.4 is 15.4 Å². The van der Waals surface area contributed by atoms with E-state index in [4.69, 9.17) is 9.15 Å². The maximum Gasteiger partial charge on any atom is 0.319 e. The minimum atomic E-state index is -0.214.